The molecule has 22 heavy (non-hydrogen) atoms. The molecule has 0 fully saturated rings. The Morgan fingerprint density at radius 3 is 2.73 bits per heavy atom. The van der Waals surface area contributed by atoms with Crippen molar-refractivity contribution in [1.82, 2.24) is 5.43 Å². The Balaban J connectivity index is 1.90. The number of nitrogen functional groups attached to an aromatic ring is 1. The molecule has 0 atom stereocenters. The minimum atomic E-state index is -0.261. The fourth-order valence-corrected chi connectivity index (χ4v) is 2.00. The van der Waals surface area contributed by atoms with Gasteiger partial charge < -0.3 is 11.1 Å². The summed E-state index contributed by atoms with van der Waals surface area (Å²) >= 11 is 6.00. The Bertz CT molecular complexity index is 700. The summed E-state index contributed by atoms with van der Waals surface area (Å²) in [6.45, 7) is 1.88. The van der Waals surface area contributed by atoms with Crippen LogP contribution in [0.3, 0.4) is 0 Å². The molecule has 4 N–H and O–H groups in total. The van der Waals surface area contributed by atoms with Gasteiger partial charge in [0, 0.05) is 5.69 Å². The molecule has 0 aliphatic rings. The first-order chi connectivity index (χ1) is 10.6. The Labute approximate surface area is 134 Å². The average molecular weight is 317 g/mol. The lowest BCUT2D eigenvalue weighted by Crippen LogP contribution is -2.26. The van der Waals surface area contributed by atoms with Crippen molar-refractivity contribution in [2.45, 2.75) is 6.92 Å². The average Bonchev–Trinajstić information content (AvgIpc) is 2.52. The molecule has 0 heterocycles. The van der Waals surface area contributed by atoms with E-state index in [9.17, 15) is 4.79 Å². The van der Waals surface area contributed by atoms with Gasteiger partial charge in [-0.15, -0.1) is 0 Å². The number of carbonyl (C=O) groups is 1. The molecule has 5 nitrogen and oxygen atoms in total. The molecule has 2 aromatic rings. The van der Waals surface area contributed by atoms with Gasteiger partial charge in [-0.3, -0.25) is 4.79 Å². The molecule has 0 aliphatic carbocycles. The van der Waals surface area contributed by atoms with Gasteiger partial charge >= 0.3 is 0 Å². The number of benzene rings is 2. The van der Waals surface area contributed by atoms with Crippen LogP contribution in [0.4, 0.5) is 11.4 Å². The summed E-state index contributed by atoms with van der Waals surface area (Å²) in [5.74, 6) is -0.261. The summed E-state index contributed by atoms with van der Waals surface area (Å²) < 4.78 is 0. The lowest BCUT2D eigenvalue weighted by atomic mass is 10.1. The van der Waals surface area contributed by atoms with Crippen molar-refractivity contribution >= 4 is 34.6 Å². The van der Waals surface area contributed by atoms with Gasteiger partial charge in [-0.2, -0.15) is 5.10 Å². The maximum atomic E-state index is 11.8. The molecule has 6 heteroatoms. The van der Waals surface area contributed by atoms with Crippen molar-refractivity contribution in [2.24, 2.45) is 5.10 Å². The zero-order valence-electron chi connectivity index (χ0n) is 12.1. The minimum Gasteiger partial charge on any atom is -0.399 e. The lowest BCUT2D eigenvalue weighted by molar-refractivity contribution is -0.119. The zero-order valence-corrected chi connectivity index (χ0v) is 12.9. The number of halogens is 1. The van der Waals surface area contributed by atoms with Gasteiger partial charge in [-0.05, 0) is 36.8 Å². The lowest BCUT2D eigenvalue weighted by Gasteiger charge is -2.07. The molecule has 114 valence electrons. The maximum absolute atomic E-state index is 11.8. The number of nitrogens with one attached hydrogen (secondary N) is 2. The highest BCUT2D eigenvalue weighted by atomic mass is 35.5. The normalized spacial score (nSPS) is 11.1. The predicted molar refractivity (Wildman–Crippen MR) is 91.1 cm³/mol. The number of rotatable bonds is 5. The number of nitrogens with two attached hydrogens (primary N) is 1. The highest BCUT2D eigenvalue weighted by Crippen LogP contribution is 2.19. The van der Waals surface area contributed by atoms with Gasteiger partial charge in [0.1, 0.15) is 0 Å². The molecule has 0 bridgehead atoms. The Kier molecular flexibility index (Phi) is 5.38. The van der Waals surface area contributed by atoms with E-state index in [4.69, 9.17) is 17.3 Å². The topological polar surface area (TPSA) is 79.5 Å². The third-order valence-corrected chi connectivity index (χ3v) is 3.30. The number of nitrogens with zero attached hydrogens (tertiary/aromatic N) is 1. The molecule has 0 saturated heterocycles. The van der Waals surface area contributed by atoms with Gasteiger partial charge in [0.25, 0.3) is 5.91 Å². The van der Waals surface area contributed by atoms with Crippen molar-refractivity contribution in [3.63, 3.8) is 0 Å². The van der Waals surface area contributed by atoms with Crippen LogP contribution in [0.2, 0.25) is 5.02 Å². The third-order valence-electron chi connectivity index (χ3n) is 2.97. The van der Waals surface area contributed by atoms with Gasteiger partial charge in [-0.25, -0.2) is 5.43 Å². The quantitative estimate of drug-likeness (QED) is 0.451. The van der Waals surface area contributed by atoms with Crippen LogP contribution < -0.4 is 16.5 Å². The maximum Gasteiger partial charge on any atom is 0.259 e. The summed E-state index contributed by atoms with van der Waals surface area (Å²) in [4.78, 5) is 11.8. The van der Waals surface area contributed by atoms with Crippen molar-refractivity contribution in [3.8, 4) is 0 Å². The number of para-hydroxylation sites is 1. The molecule has 0 spiro atoms. The zero-order chi connectivity index (χ0) is 15.9. The molecular formula is C16H17ClN4O. The molecule has 2 aromatic carbocycles. The number of hydrogen-bond acceptors (Lipinski definition) is 4. The number of hydrazone groups is 1. The monoisotopic (exact) mass is 316 g/mol. The van der Waals surface area contributed by atoms with E-state index in [1.54, 1.807) is 31.2 Å². The van der Waals surface area contributed by atoms with Crippen LogP contribution >= 0.6 is 11.6 Å². The minimum absolute atomic E-state index is 0.0808. The second-order valence-corrected chi connectivity index (χ2v) is 5.10. The first-order valence-corrected chi connectivity index (χ1v) is 7.11. The van der Waals surface area contributed by atoms with E-state index >= 15 is 0 Å². The van der Waals surface area contributed by atoms with Crippen molar-refractivity contribution in [3.05, 3.63) is 59.1 Å². The fourth-order valence-electron chi connectivity index (χ4n) is 1.79. The van der Waals surface area contributed by atoms with Gasteiger partial charge in [0.15, 0.2) is 0 Å². The van der Waals surface area contributed by atoms with Crippen LogP contribution in [0, 0.1) is 0 Å². The van der Waals surface area contributed by atoms with Crippen LogP contribution in [0.15, 0.2) is 53.6 Å². The highest BCUT2D eigenvalue weighted by Gasteiger charge is 2.03. The summed E-state index contributed by atoms with van der Waals surface area (Å²) in [5.41, 5.74) is 11.1. The second kappa shape index (κ2) is 7.47. The van der Waals surface area contributed by atoms with E-state index in [2.05, 4.69) is 15.8 Å². The second-order valence-electron chi connectivity index (χ2n) is 4.69. The first-order valence-electron chi connectivity index (χ1n) is 6.73. The van der Waals surface area contributed by atoms with Gasteiger partial charge in [-0.1, -0.05) is 35.9 Å². The number of hydrogen-bond donors (Lipinski definition) is 3. The van der Waals surface area contributed by atoms with E-state index in [-0.39, 0.29) is 12.5 Å². The van der Waals surface area contributed by atoms with E-state index in [0.717, 1.165) is 5.56 Å². The summed E-state index contributed by atoms with van der Waals surface area (Å²) in [6, 6.07) is 14.5. The molecule has 0 radical (unpaired) electrons. The summed E-state index contributed by atoms with van der Waals surface area (Å²) in [6.07, 6.45) is 0. The van der Waals surface area contributed by atoms with Crippen LogP contribution in [0.5, 0.6) is 0 Å². The third kappa shape index (κ3) is 4.49. The van der Waals surface area contributed by atoms with Crippen LogP contribution in [0.1, 0.15) is 12.5 Å². The van der Waals surface area contributed by atoms with Crippen molar-refractivity contribution < 1.29 is 4.79 Å². The fraction of sp³-hybridized carbons (Fsp3) is 0.125. The van der Waals surface area contributed by atoms with Gasteiger partial charge in [0.2, 0.25) is 0 Å². The molecule has 1 amide bonds. The standard InChI is InChI=1S/C16H17ClN4O/c1-11(12-5-4-6-13(18)9-12)20-21-16(22)10-19-15-8-3-2-7-14(15)17/h2-9,19H,10,18H2,1H3,(H,21,22)/b20-11+. The van der Waals surface area contributed by atoms with Crippen LogP contribution in [0.25, 0.3) is 0 Å². The predicted octanol–water partition coefficient (Wildman–Crippen LogP) is 2.87. The van der Waals surface area contributed by atoms with E-state index < -0.39 is 0 Å². The Hall–Kier alpha value is -2.53. The number of amides is 1. The van der Waals surface area contributed by atoms with E-state index in [0.29, 0.717) is 22.1 Å². The summed E-state index contributed by atoms with van der Waals surface area (Å²) in [7, 11) is 0. The highest BCUT2D eigenvalue weighted by molar-refractivity contribution is 6.33. The van der Waals surface area contributed by atoms with E-state index in [1.807, 2.05) is 24.3 Å². The summed E-state index contributed by atoms with van der Waals surface area (Å²) in [5, 5.41) is 7.58. The van der Waals surface area contributed by atoms with Crippen molar-refractivity contribution in [2.75, 3.05) is 17.6 Å². The molecule has 0 aliphatic heterocycles. The van der Waals surface area contributed by atoms with Crippen LogP contribution in [-0.4, -0.2) is 18.2 Å². The molecule has 0 unspecified atom stereocenters. The molecular weight excluding hydrogens is 300 g/mol. The largest absolute Gasteiger partial charge is 0.399 e. The number of anilines is 2. The molecule has 0 aromatic heterocycles. The number of carbonyl (C=O) groups excluding carboxylic acids is 1. The molecule has 0 saturated carbocycles. The van der Waals surface area contributed by atoms with Gasteiger partial charge in [0.05, 0.1) is 23.0 Å². The smallest absolute Gasteiger partial charge is 0.259 e. The SMILES string of the molecule is C/C(=N\NC(=O)CNc1ccccc1Cl)c1cccc(N)c1. The first kappa shape index (κ1) is 15.9. The van der Waals surface area contributed by atoms with E-state index in [1.165, 1.54) is 0 Å². The van der Waals surface area contributed by atoms with Crippen LogP contribution in [-0.2, 0) is 4.79 Å². The molecule has 2 rings (SSSR count). The Morgan fingerprint density at radius 1 is 1.23 bits per heavy atom. The van der Waals surface area contributed by atoms with Crippen molar-refractivity contribution in [1.29, 1.82) is 0 Å². The Morgan fingerprint density at radius 2 is 2.00 bits per heavy atom.